The van der Waals surface area contributed by atoms with Gasteiger partial charge in [-0.05, 0) is 49.7 Å². The number of anilines is 2. The van der Waals surface area contributed by atoms with Crippen LogP contribution in [0.5, 0.6) is 5.75 Å². The van der Waals surface area contributed by atoms with Gasteiger partial charge >= 0.3 is 0 Å². The van der Waals surface area contributed by atoms with Crippen molar-refractivity contribution in [3.63, 3.8) is 0 Å². The first-order chi connectivity index (χ1) is 12.4. The van der Waals surface area contributed by atoms with Gasteiger partial charge in [-0.15, -0.1) is 0 Å². The minimum atomic E-state index is -0.367. The Labute approximate surface area is 162 Å². The summed E-state index contributed by atoms with van der Waals surface area (Å²) in [5, 5.41) is 6.21. The van der Waals surface area contributed by atoms with E-state index in [1.165, 1.54) is 6.07 Å². The fraction of sp³-hybridized carbons (Fsp3) is 0.263. The number of amides is 2. The predicted molar refractivity (Wildman–Crippen MR) is 106 cm³/mol. The summed E-state index contributed by atoms with van der Waals surface area (Å²) in [6.07, 6.45) is 1.18. The molecule has 2 rings (SSSR count). The first-order valence-corrected chi connectivity index (χ1v) is 9.03. The number of halogens is 2. The van der Waals surface area contributed by atoms with Crippen LogP contribution in [0.4, 0.5) is 11.4 Å². The van der Waals surface area contributed by atoms with E-state index in [0.717, 1.165) is 6.42 Å². The molecule has 0 aliphatic heterocycles. The maximum Gasteiger partial charge on any atom is 0.255 e. The lowest BCUT2D eigenvalue weighted by Crippen LogP contribution is -2.14. The van der Waals surface area contributed by atoms with Crippen molar-refractivity contribution < 1.29 is 14.3 Å². The van der Waals surface area contributed by atoms with E-state index in [1.54, 1.807) is 30.3 Å². The van der Waals surface area contributed by atoms with Gasteiger partial charge < -0.3 is 15.4 Å². The first-order valence-electron chi connectivity index (χ1n) is 8.27. The summed E-state index contributed by atoms with van der Waals surface area (Å²) in [7, 11) is 0. The third kappa shape index (κ3) is 5.38. The lowest BCUT2D eigenvalue weighted by Gasteiger charge is -2.11. The van der Waals surface area contributed by atoms with E-state index in [-0.39, 0.29) is 11.8 Å². The van der Waals surface area contributed by atoms with E-state index < -0.39 is 0 Å². The van der Waals surface area contributed by atoms with Crippen LogP contribution in [0.2, 0.25) is 10.0 Å². The molecule has 2 aromatic carbocycles. The van der Waals surface area contributed by atoms with E-state index in [9.17, 15) is 9.59 Å². The van der Waals surface area contributed by atoms with Crippen molar-refractivity contribution in [2.45, 2.75) is 26.7 Å². The third-order valence-corrected chi connectivity index (χ3v) is 4.09. The van der Waals surface area contributed by atoms with Crippen molar-refractivity contribution in [2.24, 2.45) is 0 Å². The maximum absolute atomic E-state index is 12.5. The number of nitrogens with one attached hydrogen (secondary N) is 2. The van der Waals surface area contributed by atoms with Crippen LogP contribution < -0.4 is 15.4 Å². The molecule has 2 N–H and O–H groups in total. The SMILES string of the molecule is CCCC(=O)Nc1ccc(Cl)c(NC(=O)c2ccc(OCC)c(Cl)c2)c1. The number of benzene rings is 2. The second kappa shape index (κ2) is 9.46. The van der Waals surface area contributed by atoms with Crippen molar-refractivity contribution in [3.8, 4) is 5.75 Å². The molecule has 0 aliphatic carbocycles. The second-order valence-corrected chi connectivity index (χ2v) is 6.34. The van der Waals surface area contributed by atoms with Crippen LogP contribution >= 0.6 is 23.2 Å². The number of ether oxygens (including phenoxy) is 1. The topological polar surface area (TPSA) is 67.4 Å². The monoisotopic (exact) mass is 394 g/mol. The van der Waals surface area contributed by atoms with Crippen LogP contribution in [0, 0.1) is 0 Å². The number of hydrogen-bond acceptors (Lipinski definition) is 3. The standard InChI is InChI=1S/C19H20Cl2N2O3/c1-3-5-18(24)22-13-7-8-14(20)16(11-13)23-19(25)12-6-9-17(26-4-2)15(21)10-12/h6-11H,3-5H2,1-2H3,(H,22,24)(H,23,25). The Morgan fingerprint density at radius 2 is 1.77 bits per heavy atom. The van der Waals surface area contributed by atoms with Crippen LogP contribution in [0.25, 0.3) is 0 Å². The van der Waals surface area contributed by atoms with E-state index in [0.29, 0.717) is 45.8 Å². The summed E-state index contributed by atoms with van der Waals surface area (Å²) >= 11 is 12.3. The Hall–Kier alpha value is -2.24. The summed E-state index contributed by atoms with van der Waals surface area (Å²) in [6.45, 7) is 4.26. The van der Waals surface area contributed by atoms with E-state index in [1.807, 2.05) is 13.8 Å². The molecule has 138 valence electrons. The van der Waals surface area contributed by atoms with E-state index in [4.69, 9.17) is 27.9 Å². The first kappa shape index (κ1) is 20.1. The average Bonchev–Trinajstić information content (AvgIpc) is 2.60. The molecular formula is C19H20Cl2N2O3. The van der Waals surface area contributed by atoms with Gasteiger partial charge in [-0.2, -0.15) is 0 Å². The largest absolute Gasteiger partial charge is 0.492 e. The highest BCUT2D eigenvalue weighted by atomic mass is 35.5. The Bertz CT molecular complexity index is 809. The molecule has 0 spiro atoms. The fourth-order valence-corrected chi connectivity index (χ4v) is 2.66. The van der Waals surface area contributed by atoms with Crippen LogP contribution in [0.15, 0.2) is 36.4 Å². The molecule has 0 fully saturated rings. The fourth-order valence-electron chi connectivity index (χ4n) is 2.26. The van der Waals surface area contributed by atoms with Crippen molar-refractivity contribution >= 4 is 46.4 Å². The molecule has 0 aliphatic rings. The maximum atomic E-state index is 12.5. The molecule has 2 amide bonds. The van der Waals surface area contributed by atoms with Crippen LogP contribution in [0.1, 0.15) is 37.0 Å². The molecule has 26 heavy (non-hydrogen) atoms. The molecule has 0 heterocycles. The smallest absolute Gasteiger partial charge is 0.255 e. The number of carbonyl (C=O) groups is 2. The zero-order valence-electron chi connectivity index (χ0n) is 14.6. The highest BCUT2D eigenvalue weighted by Crippen LogP contribution is 2.28. The molecule has 0 atom stereocenters. The molecule has 0 bridgehead atoms. The molecule has 7 heteroatoms. The van der Waals surface area contributed by atoms with Gasteiger partial charge in [0.15, 0.2) is 0 Å². The molecule has 0 radical (unpaired) electrons. The van der Waals surface area contributed by atoms with Crippen LogP contribution in [-0.2, 0) is 4.79 Å². The van der Waals surface area contributed by atoms with Gasteiger partial charge in [-0.25, -0.2) is 0 Å². The number of hydrogen-bond donors (Lipinski definition) is 2. The summed E-state index contributed by atoms with van der Waals surface area (Å²) in [4.78, 5) is 24.2. The van der Waals surface area contributed by atoms with Gasteiger partial charge in [0.2, 0.25) is 5.91 Å². The van der Waals surface area contributed by atoms with Gasteiger partial charge in [-0.1, -0.05) is 30.1 Å². The van der Waals surface area contributed by atoms with E-state index >= 15 is 0 Å². The Morgan fingerprint density at radius 1 is 1.00 bits per heavy atom. The zero-order chi connectivity index (χ0) is 19.1. The minimum Gasteiger partial charge on any atom is -0.492 e. The average molecular weight is 395 g/mol. The predicted octanol–water partition coefficient (Wildman–Crippen LogP) is 5.38. The Kier molecular flexibility index (Phi) is 7.30. The van der Waals surface area contributed by atoms with Gasteiger partial charge in [-0.3, -0.25) is 9.59 Å². The number of rotatable bonds is 7. The van der Waals surface area contributed by atoms with Gasteiger partial charge in [0, 0.05) is 17.7 Å². The molecule has 5 nitrogen and oxygen atoms in total. The molecule has 0 saturated carbocycles. The second-order valence-electron chi connectivity index (χ2n) is 5.53. The molecule has 0 unspecified atom stereocenters. The van der Waals surface area contributed by atoms with Crippen LogP contribution in [0.3, 0.4) is 0 Å². The lowest BCUT2D eigenvalue weighted by atomic mass is 10.2. The van der Waals surface area contributed by atoms with Crippen molar-refractivity contribution in [1.29, 1.82) is 0 Å². The third-order valence-electron chi connectivity index (χ3n) is 3.47. The molecule has 0 aromatic heterocycles. The summed E-state index contributed by atoms with van der Waals surface area (Å²) < 4.78 is 5.36. The van der Waals surface area contributed by atoms with Gasteiger partial charge in [0.05, 0.1) is 22.3 Å². The van der Waals surface area contributed by atoms with E-state index in [2.05, 4.69) is 10.6 Å². The summed E-state index contributed by atoms with van der Waals surface area (Å²) in [5.41, 5.74) is 1.33. The molecular weight excluding hydrogens is 375 g/mol. The van der Waals surface area contributed by atoms with Gasteiger partial charge in [0.1, 0.15) is 5.75 Å². The Morgan fingerprint density at radius 3 is 2.42 bits per heavy atom. The number of carbonyl (C=O) groups excluding carboxylic acids is 2. The lowest BCUT2D eigenvalue weighted by molar-refractivity contribution is -0.116. The highest BCUT2D eigenvalue weighted by Gasteiger charge is 2.12. The summed E-state index contributed by atoms with van der Waals surface area (Å²) in [5.74, 6) is 0.0589. The van der Waals surface area contributed by atoms with Crippen molar-refractivity contribution in [2.75, 3.05) is 17.2 Å². The normalized spacial score (nSPS) is 10.3. The Balaban J connectivity index is 2.15. The van der Waals surface area contributed by atoms with Gasteiger partial charge in [0.25, 0.3) is 5.91 Å². The highest BCUT2D eigenvalue weighted by molar-refractivity contribution is 6.34. The quantitative estimate of drug-likeness (QED) is 0.661. The van der Waals surface area contributed by atoms with Crippen molar-refractivity contribution in [3.05, 3.63) is 52.0 Å². The summed E-state index contributed by atoms with van der Waals surface area (Å²) in [6, 6.07) is 9.70. The minimum absolute atomic E-state index is 0.0922. The molecule has 2 aromatic rings. The zero-order valence-corrected chi connectivity index (χ0v) is 16.1. The molecule has 0 saturated heterocycles. The van der Waals surface area contributed by atoms with Crippen LogP contribution in [-0.4, -0.2) is 18.4 Å². The van der Waals surface area contributed by atoms with Crippen molar-refractivity contribution in [1.82, 2.24) is 0 Å².